The summed E-state index contributed by atoms with van der Waals surface area (Å²) in [4.78, 5) is 23.5. The first-order valence-electron chi connectivity index (χ1n) is 11.0. The van der Waals surface area contributed by atoms with E-state index >= 15 is 0 Å². The van der Waals surface area contributed by atoms with Gasteiger partial charge in [0.25, 0.3) is 0 Å². The van der Waals surface area contributed by atoms with E-state index in [1.807, 2.05) is 41.3 Å². The van der Waals surface area contributed by atoms with Crippen LogP contribution in [0.1, 0.15) is 19.3 Å². The van der Waals surface area contributed by atoms with E-state index < -0.39 is 0 Å². The highest BCUT2D eigenvalue weighted by molar-refractivity contribution is 7.99. The van der Waals surface area contributed by atoms with Gasteiger partial charge < -0.3 is 4.74 Å². The van der Waals surface area contributed by atoms with Gasteiger partial charge in [0.1, 0.15) is 0 Å². The molecular weight excluding hydrogens is 462 g/mol. The van der Waals surface area contributed by atoms with Crippen molar-refractivity contribution in [3.8, 4) is 0 Å². The molecule has 1 saturated heterocycles. The van der Waals surface area contributed by atoms with Gasteiger partial charge in [-0.3, -0.25) is 14.6 Å². The van der Waals surface area contributed by atoms with Crippen LogP contribution in [-0.4, -0.2) is 60.9 Å². The number of morpholine rings is 1. The number of halogens is 1. The highest BCUT2D eigenvalue weighted by atomic mass is 35.5. The van der Waals surface area contributed by atoms with E-state index in [4.69, 9.17) is 21.3 Å². The Morgan fingerprint density at radius 3 is 2.78 bits per heavy atom. The second-order valence-electron chi connectivity index (χ2n) is 7.73. The third-order valence-electron chi connectivity index (χ3n) is 5.38. The average Bonchev–Trinajstić information content (AvgIpc) is 3.23. The van der Waals surface area contributed by atoms with Crippen molar-refractivity contribution in [2.75, 3.05) is 50.0 Å². The van der Waals surface area contributed by atoms with Gasteiger partial charge in [-0.2, -0.15) is 0 Å². The molecular formula is C24H28ClN3O2S2. The Balaban J connectivity index is 1.37. The van der Waals surface area contributed by atoms with Crippen LogP contribution in [0.3, 0.4) is 0 Å². The zero-order valence-electron chi connectivity index (χ0n) is 18.0. The van der Waals surface area contributed by atoms with Crippen molar-refractivity contribution in [1.82, 2.24) is 9.88 Å². The normalized spacial score (nSPS) is 14.7. The molecule has 2 aromatic carbocycles. The summed E-state index contributed by atoms with van der Waals surface area (Å²) in [5.41, 5.74) is 0.889. The number of hydrogen-bond donors (Lipinski definition) is 0. The zero-order valence-corrected chi connectivity index (χ0v) is 20.4. The molecule has 32 heavy (non-hydrogen) atoms. The Labute approximate surface area is 202 Å². The largest absolute Gasteiger partial charge is 0.379 e. The minimum absolute atomic E-state index is 0.144. The number of ether oxygens (including phenoxy) is 1. The number of nitrogens with zero attached hydrogens (tertiary/aromatic N) is 3. The van der Waals surface area contributed by atoms with Gasteiger partial charge in [0.15, 0.2) is 5.13 Å². The van der Waals surface area contributed by atoms with E-state index in [1.165, 1.54) is 4.90 Å². The van der Waals surface area contributed by atoms with Gasteiger partial charge in [-0.15, -0.1) is 11.8 Å². The van der Waals surface area contributed by atoms with Crippen LogP contribution in [-0.2, 0) is 9.53 Å². The van der Waals surface area contributed by atoms with E-state index in [2.05, 4.69) is 17.0 Å². The molecule has 0 bridgehead atoms. The Hall–Kier alpha value is -1.64. The number of thioether (sulfide) groups is 1. The van der Waals surface area contributed by atoms with Gasteiger partial charge in [0, 0.05) is 42.5 Å². The number of carbonyl (C=O) groups excluding carboxylic acids is 1. The summed E-state index contributed by atoms with van der Waals surface area (Å²) in [6, 6.07) is 16.0. The standard InChI is InChI=1S/C24H28ClN3O2S2/c25-19-9-10-21-22(18-19)32-24(26-21)28(12-5-11-27-13-15-30-16-14-27)23(29)8-4-17-31-20-6-2-1-3-7-20/h1-3,6-7,9-10,18H,4-5,8,11-17H2. The number of amides is 1. The van der Waals surface area contributed by atoms with Crippen LogP contribution in [0.4, 0.5) is 5.13 Å². The van der Waals surface area contributed by atoms with Gasteiger partial charge in [0.2, 0.25) is 5.91 Å². The monoisotopic (exact) mass is 489 g/mol. The Morgan fingerprint density at radius 1 is 1.16 bits per heavy atom. The molecule has 1 aromatic heterocycles. The van der Waals surface area contributed by atoms with Crippen LogP contribution in [0.25, 0.3) is 10.2 Å². The maximum atomic E-state index is 13.2. The molecule has 0 saturated carbocycles. The molecule has 170 valence electrons. The summed E-state index contributed by atoms with van der Waals surface area (Å²) in [6.45, 7) is 5.15. The Morgan fingerprint density at radius 2 is 1.97 bits per heavy atom. The molecule has 1 amide bonds. The molecule has 1 aliphatic rings. The van der Waals surface area contributed by atoms with Gasteiger partial charge in [-0.25, -0.2) is 4.98 Å². The van der Waals surface area contributed by atoms with Crippen molar-refractivity contribution >= 4 is 56.0 Å². The van der Waals surface area contributed by atoms with Gasteiger partial charge >= 0.3 is 0 Å². The lowest BCUT2D eigenvalue weighted by Gasteiger charge is -2.27. The maximum Gasteiger partial charge on any atom is 0.228 e. The van der Waals surface area contributed by atoms with Crippen molar-refractivity contribution in [2.24, 2.45) is 0 Å². The molecule has 0 atom stereocenters. The molecule has 0 aliphatic carbocycles. The molecule has 0 radical (unpaired) electrons. The molecule has 8 heteroatoms. The second-order valence-corrected chi connectivity index (χ2v) is 10.3. The molecule has 1 aliphatic heterocycles. The summed E-state index contributed by atoms with van der Waals surface area (Å²) in [6.07, 6.45) is 2.28. The van der Waals surface area contributed by atoms with Crippen molar-refractivity contribution in [3.05, 3.63) is 53.6 Å². The summed E-state index contributed by atoms with van der Waals surface area (Å²) >= 11 is 9.49. The fraction of sp³-hybridized carbons (Fsp3) is 0.417. The smallest absolute Gasteiger partial charge is 0.228 e. The molecule has 0 unspecified atom stereocenters. The summed E-state index contributed by atoms with van der Waals surface area (Å²) < 4.78 is 6.45. The predicted molar refractivity (Wildman–Crippen MR) is 135 cm³/mol. The molecule has 0 spiro atoms. The highest BCUT2D eigenvalue weighted by Gasteiger charge is 2.20. The number of anilines is 1. The lowest BCUT2D eigenvalue weighted by Crippen LogP contribution is -2.39. The van der Waals surface area contributed by atoms with Crippen molar-refractivity contribution in [2.45, 2.75) is 24.2 Å². The zero-order chi connectivity index (χ0) is 22.2. The number of thiazole rings is 1. The molecule has 3 aromatic rings. The van der Waals surface area contributed by atoms with Gasteiger partial charge in [-0.05, 0) is 48.9 Å². The van der Waals surface area contributed by atoms with Crippen molar-refractivity contribution < 1.29 is 9.53 Å². The maximum absolute atomic E-state index is 13.2. The summed E-state index contributed by atoms with van der Waals surface area (Å²) in [5, 5.41) is 1.46. The first-order chi connectivity index (χ1) is 15.7. The molecule has 0 N–H and O–H groups in total. The molecule has 4 rings (SSSR count). The highest BCUT2D eigenvalue weighted by Crippen LogP contribution is 2.31. The van der Waals surface area contributed by atoms with Gasteiger partial charge in [0.05, 0.1) is 23.4 Å². The van der Waals surface area contributed by atoms with Crippen LogP contribution in [0.15, 0.2) is 53.4 Å². The fourth-order valence-corrected chi connectivity index (χ4v) is 5.83. The Kier molecular flexibility index (Phi) is 8.82. The number of fused-ring (bicyclic) bond motifs is 1. The van der Waals surface area contributed by atoms with Crippen LogP contribution in [0.5, 0.6) is 0 Å². The number of carbonyl (C=O) groups is 1. The Bertz CT molecular complexity index is 1010. The van der Waals surface area contributed by atoms with E-state index in [0.717, 1.165) is 66.8 Å². The number of benzene rings is 2. The van der Waals surface area contributed by atoms with E-state index in [9.17, 15) is 4.79 Å². The van der Waals surface area contributed by atoms with Crippen LogP contribution in [0.2, 0.25) is 5.02 Å². The van der Waals surface area contributed by atoms with E-state index in [-0.39, 0.29) is 5.91 Å². The number of hydrogen-bond acceptors (Lipinski definition) is 6. The minimum atomic E-state index is 0.144. The van der Waals surface area contributed by atoms with Crippen LogP contribution in [0, 0.1) is 0 Å². The fourth-order valence-electron chi connectivity index (χ4n) is 3.67. The lowest BCUT2D eigenvalue weighted by molar-refractivity contribution is -0.118. The minimum Gasteiger partial charge on any atom is -0.379 e. The third-order valence-corrected chi connectivity index (χ3v) is 7.75. The lowest BCUT2D eigenvalue weighted by atomic mass is 10.2. The predicted octanol–water partition coefficient (Wildman–Crippen LogP) is 5.58. The first-order valence-corrected chi connectivity index (χ1v) is 13.2. The SMILES string of the molecule is O=C(CCCSc1ccccc1)N(CCCN1CCOCC1)c1nc2ccc(Cl)cc2s1. The van der Waals surface area contributed by atoms with Gasteiger partial charge in [-0.1, -0.05) is 41.1 Å². The molecule has 2 heterocycles. The third kappa shape index (κ3) is 6.68. The first kappa shape index (κ1) is 23.5. The summed E-state index contributed by atoms with van der Waals surface area (Å²) in [5.74, 6) is 1.07. The average molecular weight is 490 g/mol. The van der Waals surface area contributed by atoms with Crippen LogP contribution < -0.4 is 4.90 Å². The van der Waals surface area contributed by atoms with Crippen molar-refractivity contribution in [1.29, 1.82) is 0 Å². The van der Waals surface area contributed by atoms with Crippen LogP contribution >= 0.6 is 34.7 Å². The van der Waals surface area contributed by atoms with Crippen molar-refractivity contribution in [3.63, 3.8) is 0 Å². The quantitative estimate of drug-likeness (QED) is 0.275. The molecule has 5 nitrogen and oxygen atoms in total. The number of aromatic nitrogens is 1. The second kappa shape index (κ2) is 12.0. The van der Waals surface area contributed by atoms with E-state index in [0.29, 0.717) is 18.0 Å². The summed E-state index contributed by atoms with van der Waals surface area (Å²) in [7, 11) is 0. The topological polar surface area (TPSA) is 45.7 Å². The molecule has 1 fully saturated rings. The number of rotatable bonds is 10. The van der Waals surface area contributed by atoms with E-state index in [1.54, 1.807) is 23.1 Å².